The highest BCUT2D eigenvalue weighted by atomic mass is 35.5. The van der Waals surface area contributed by atoms with Crippen LogP contribution in [-0.4, -0.2) is 99.6 Å². The number of benzene rings is 3. The number of aliphatic hydroxyl groups is 4. The van der Waals surface area contributed by atoms with Gasteiger partial charge in [0.15, 0.2) is 11.9 Å². The number of halogens is 1. The van der Waals surface area contributed by atoms with E-state index in [2.05, 4.69) is 15.7 Å². The molecule has 14 nitrogen and oxygen atoms in total. The molecule has 0 aliphatic carbocycles. The van der Waals surface area contributed by atoms with Crippen LogP contribution in [0.5, 0.6) is 5.88 Å². The van der Waals surface area contributed by atoms with Gasteiger partial charge in [-0.25, -0.2) is 9.48 Å². The van der Waals surface area contributed by atoms with Gasteiger partial charge in [-0.2, -0.15) is 0 Å². The number of hydrogen-bond donors (Lipinski definition) is 6. The van der Waals surface area contributed by atoms with Gasteiger partial charge in [-0.1, -0.05) is 54.1 Å². The number of esters is 1. The van der Waals surface area contributed by atoms with Crippen LogP contribution in [-0.2, 0) is 16.0 Å². The van der Waals surface area contributed by atoms with Crippen molar-refractivity contribution in [2.45, 2.75) is 43.8 Å². The van der Waals surface area contributed by atoms with Gasteiger partial charge in [-0.15, -0.1) is 5.10 Å². The van der Waals surface area contributed by atoms with E-state index in [1.807, 2.05) is 0 Å². The highest BCUT2D eigenvalue weighted by Crippen LogP contribution is 2.33. The molecular formula is C36H39ClN4O10. The Kier molecular flexibility index (Phi) is 13.6. The monoisotopic (exact) mass is 722 g/mol. The molecule has 0 radical (unpaired) electrons. The van der Waals surface area contributed by atoms with Gasteiger partial charge in [0.05, 0.1) is 36.6 Å². The topological polar surface area (TPSA) is 210 Å². The summed E-state index contributed by atoms with van der Waals surface area (Å²) in [7, 11) is 2.84. The minimum Gasteiger partial charge on any atom is -0.480 e. The van der Waals surface area contributed by atoms with E-state index in [9.17, 15) is 39.6 Å². The molecule has 6 N–H and O–H groups in total. The van der Waals surface area contributed by atoms with E-state index in [-0.39, 0.29) is 47.0 Å². The summed E-state index contributed by atoms with van der Waals surface area (Å²) in [5.41, 5.74) is 0.491. The highest BCUT2D eigenvalue weighted by Gasteiger charge is 2.36. The maximum atomic E-state index is 14.1. The number of nitrogens with zero attached hydrogens (tertiary/aromatic N) is 2. The Bertz CT molecular complexity index is 1900. The Morgan fingerprint density at radius 3 is 2.25 bits per heavy atom. The fraction of sp³-hybridized carbons (Fsp3) is 0.306. The molecule has 1 heterocycles. The van der Waals surface area contributed by atoms with Gasteiger partial charge in [-0.05, 0) is 55.4 Å². The molecule has 4 rings (SSSR count). The van der Waals surface area contributed by atoms with Crippen LogP contribution < -0.4 is 20.9 Å². The predicted molar refractivity (Wildman–Crippen MR) is 188 cm³/mol. The van der Waals surface area contributed by atoms with Gasteiger partial charge in [0.1, 0.15) is 18.2 Å². The molecular weight excluding hydrogens is 684 g/mol. The van der Waals surface area contributed by atoms with Crippen molar-refractivity contribution in [3.05, 3.63) is 111 Å². The van der Waals surface area contributed by atoms with Gasteiger partial charge in [-0.3, -0.25) is 14.4 Å². The number of methoxy groups -OCH3 is 1. The number of ether oxygens (including phenoxy) is 2. The van der Waals surface area contributed by atoms with Crippen molar-refractivity contribution in [1.82, 2.24) is 15.1 Å². The fourth-order valence-corrected chi connectivity index (χ4v) is 5.57. The number of carbonyl (C=O) groups excluding carboxylic acids is 3. The Balaban J connectivity index is 1.74. The number of para-hydroxylation sites is 1. The average Bonchev–Trinajstić information content (AvgIpc) is 3.12. The standard InChI is InChI=1S/C36H39ClN4O10/c1-20(43)23-14-13-22(37)16-25(23)26-17-31(46)41(40-35(26)50-3)28(15-21-9-5-4-6-10-21)34(48)39-27-12-8-7-11-24(27)36(49)51-33(30(45)19-42)32(47)29(44)18-38-2/h4-14,16-17,28-30,32-33,38,42,44-45,47H,15,18-19H2,1-3H3,(H,39,48)/t28-,29-,30+,32+,33+/m0/s1. The zero-order chi connectivity index (χ0) is 37.2. The quantitative estimate of drug-likeness (QED) is 0.0725. The number of carbonyl (C=O) groups is 3. The number of ketones is 1. The van der Waals surface area contributed by atoms with Crippen molar-refractivity contribution in [2.75, 3.05) is 32.6 Å². The Hall–Kier alpha value is -4.96. The zero-order valence-corrected chi connectivity index (χ0v) is 28.8. The molecule has 4 aromatic rings. The predicted octanol–water partition coefficient (Wildman–Crippen LogP) is 2.02. The zero-order valence-electron chi connectivity index (χ0n) is 28.0. The summed E-state index contributed by atoms with van der Waals surface area (Å²) in [4.78, 5) is 53.7. The second-order valence-electron chi connectivity index (χ2n) is 11.6. The Morgan fingerprint density at radius 2 is 1.61 bits per heavy atom. The number of anilines is 1. The molecule has 270 valence electrons. The van der Waals surface area contributed by atoms with Crippen LogP contribution in [0.1, 0.15) is 39.2 Å². The molecule has 51 heavy (non-hydrogen) atoms. The first-order valence-electron chi connectivity index (χ1n) is 15.8. The minimum absolute atomic E-state index is 0.0229. The second kappa shape index (κ2) is 17.8. The minimum atomic E-state index is -1.78. The second-order valence-corrected chi connectivity index (χ2v) is 12.0. The van der Waals surface area contributed by atoms with Crippen LogP contribution in [0.25, 0.3) is 11.1 Å². The molecule has 15 heteroatoms. The largest absolute Gasteiger partial charge is 0.480 e. The lowest BCUT2D eigenvalue weighted by atomic mass is 9.98. The number of amides is 1. The molecule has 3 aromatic carbocycles. The van der Waals surface area contributed by atoms with Crippen molar-refractivity contribution in [3.63, 3.8) is 0 Å². The lowest BCUT2D eigenvalue weighted by molar-refractivity contribution is -0.119. The number of Topliss-reactive ketones (excluding diaryl/α,β-unsaturated/α-hetero) is 1. The molecule has 0 unspecified atom stereocenters. The average molecular weight is 723 g/mol. The summed E-state index contributed by atoms with van der Waals surface area (Å²) in [6.45, 7) is 0.364. The number of aliphatic hydroxyl groups excluding tert-OH is 4. The maximum Gasteiger partial charge on any atom is 0.340 e. The van der Waals surface area contributed by atoms with Crippen LogP contribution in [0.2, 0.25) is 5.02 Å². The van der Waals surface area contributed by atoms with E-state index in [0.717, 1.165) is 4.68 Å². The van der Waals surface area contributed by atoms with Gasteiger partial charge in [0.25, 0.3) is 5.56 Å². The van der Waals surface area contributed by atoms with Crippen LogP contribution in [0, 0.1) is 0 Å². The normalized spacial score (nSPS) is 14.1. The van der Waals surface area contributed by atoms with Crippen LogP contribution in [0.4, 0.5) is 5.69 Å². The number of likely N-dealkylation sites (N-methyl/N-ethyl adjacent to an activating group) is 1. The lowest BCUT2D eigenvalue weighted by Gasteiger charge is -2.29. The molecule has 1 amide bonds. The highest BCUT2D eigenvalue weighted by molar-refractivity contribution is 6.31. The van der Waals surface area contributed by atoms with E-state index in [4.69, 9.17) is 21.1 Å². The van der Waals surface area contributed by atoms with E-state index < -0.39 is 54.5 Å². The van der Waals surface area contributed by atoms with Crippen molar-refractivity contribution < 1.29 is 44.3 Å². The van der Waals surface area contributed by atoms with E-state index in [1.165, 1.54) is 63.5 Å². The van der Waals surface area contributed by atoms with Gasteiger partial charge >= 0.3 is 5.97 Å². The molecule has 1 aromatic heterocycles. The van der Waals surface area contributed by atoms with Gasteiger partial charge in [0.2, 0.25) is 11.8 Å². The third-order valence-corrected chi connectivity index (χ3v) is 8.23. The SMILES string of the molecule is CNC[C@H](O)[C@@H](O)[C@H](OC(=O)c1ccccc1NC(=O)[C@H](Cc1ccccc1)n1nc(OC)c(-c2cc(Cl)ccc2C(C)=O)cc1=O)[C@H](O)CO. The molecule has 0 bridgehead atoms. The first-order chi connectivity index (χ1) is 24.4. The summed E-state index contributed by atoms with van der Waals surface area (Å²) in [5, 5.41) is 50.7. The molecule has 0 fully saturated rings. The summed E-state index contributed by atoms with van der Waals surface area (Å²) in [6, 6.07) is 19.0. The summed E-state index contributed by atoms with van der Waals surface area (Å²) in [6.07, 6.45) is -6.76. The first-order valence-corrected chi connectivity index (χ1v) is 16.2. The first kappa shape index (κ1) is 38.8. The third-order valence-electron chi connectivity index (χ3n) is 8.00. The Labute approximate surface area is 298 Å². The lowest BCUT2D eigenvalue weighted by Crippen LogP contribution is -2.50. The van der Waals surface area contributed by atoms with E-state index >= 15 is 0 Å². The molecule has 0 aliphatic rings. The number of aromatic nitrogens is 2. The van der Waals surface area contributed by atoms with Crippen molar-refractivity contribution in [3.8, 4) is 17.0 Å². The van der Waals surface area contributed by atoms with Gasteiger partial charge < -0.3 is 40.5 Å². The molecule has 0 saturated heterocycles. The van der Waals surface area contributed by atoms with Gasteiger partial charge in [0, 0.05) is 29.6 Å². The summed E-state index contributed by atoms with van der Waals surface area (Å²) in [5.74, 6) is -2.20. The Morgan fingerprint density at radius 1 is 0.922 bits per heavy atom. The third kappa shape index (κ3) is 9.43. The van der Waals surface area contributed by atoms with E-state index in [0.29, 0.717) is 16.1 Å². The fourth-order valence-electron chi connectivity index (χ4n) is 5.40. The van der Waals surface area contributed by atoms with Crippen LogP contribution in [0.15, 0.2) is 83.7 Å². The molecule has 0 spiro atoms. The number of rotatable bonds is 16. The number of hydrogen-bond acceptors (Lipinski definition) is 12. The summed E-state index contributed by atoms with van der Waals surface area (Å²) < 4.78 is 11.8. The van der Waals surface area contributed by atoms with Crippen molar-refractivity contribution in [1.29, 1.82) is 0 Å². The maximum absolute atomic E-state index is 14.1. The number of nitrogens with one attached hydrogen (secondary N) is 2. The molecule has 0 saturated carbocycles. The summed E-state index contributed by atoms with van der Waals surface area (Å²) >= 11 is 6.23. The van der Waals surface area contributed by atoms with Crippen molar-refractivity contribution >= 4 is 34.9 Å². The van der Waals surface area contributed by atoms with E-state index in [1.54, 1.807) is 36.4 Å². The molecule has 5 atom stereocenters. The smallest absolute Gasteiger partial charge is 0.340 e. The van der Waals surface area contributed by atoms with Crippen LogP contribution >= 0.6 is 11.6 Å². The molecule has 0 aliphatic heterocycles. The van der Waals surface area contributed by atoms with Crippen LogP contribution in [0.3, 0.4) is 0 Å². The van der Waals surface area contributed by atoms with Crippen molar-refractivity contribution in [2.24, 2.45) is 0 Å².